The van der Waals surface area contributed by atoms with Gasteiger partial charge in [0.2, 0.25) is 0 Å². The summed E-state index contributed by atoms with van der Waals surface area (Å²) in [6.45, 7) is 5.37. The summed E-state index contributed by atoms with van der Waals surface area (Å²) >= 11 is 0. The molecule has 3 heteroatoms. The van der Waals surface area contributed by atoms with Crippen LogP contribution in [0.15, 0.2) is 24.3 Å². The second-order valence-electron chi connectivity index (χ2n) is 6.95. The molecule has 0 aromatic rings. The predicted octanol–water partition coefficient (Wildman–Crippen LogP) is 4.16. The molecule has 2 saturated carbocycles. The van der Waals surface area contributed by atoms with Gasteiger partial charge in [0.05, 0.1) is 6.10 Å². The van der Waals surface area contributed by atoms with Gasteiger partial charge in [-0.05, 0) is 44.6 Å². The van der Waals surface area contributed by atoms with Gasteiger partial charge in [-0.15, -0.1) is 0 Å². The third-order valence-corrected chi connectivity index (χ3v) is 5.04. The van der Waals surface area contributed by atoms with Gasteiger partial charge in [0.25, 0.3) is 0 Å². The summed E-state index contributed by atoms with van der Waals surface area (Å²) in [5.41, 5.74) is 0.451. The van der Waals surface area contributed by atoms with E-state index in [1.165, 1.54) is 25.7 Å². The van der Waals surface area contributed by atoms with Gasteiger partial charge in [-0.25, -0.2) is 4.79 Å². The molecule has 0 aliphatic heterocycles. The lowest BCUT2D eigenvalue weighted by molar-refractivity contribution is -0.144. The fourth-order valence-corrected chi connectivity index (χ4v) is 3.60. The molecule has 3 atom stereocenters. The van der Waals surface area contributed by atoms with Crippen molar-refractivity contribution in [3.05, 3.63) is 24.3 Å². The number of ether oxygens (including phenoxy) is 1. The Morgan fingerprint density at radius 2 is 1.77 bits per heavy atom. The topological polar surface area (TPSA) is 46.5 Å². The lowest BCUT2D eigenvalue weighted by Crippen LogP contribution is -2.28. The first-order chi connectivity index (χ1) is 10.6. The maximum atomic E-state index is 11.9. The molecule has 3 nitrogen and oxygen atoms in total. The molecule has 2 fully saturated rings. The lowest BCUT2D eigenvalue weighted by atomic mass is 9.83. The molecule has 124 valence electrons. The van der Waals surface area contributed by atoms with Crippen LogP contribution < -0.4 is 0 Å². The molecular formula is C19H30O3. The van der Waals surface area contributed by atoms with Crippen LogP contribution in [0.3, 0.4) is 0 Å². The first-order valence-electron chi connectivity index (χ1n) is 8.81. The van der Waals surface area contributed by atoms with Crippen molar-refractivity contribution in [2.75, 3.05) is 0 Å². The van der Waals surface area contributed by atoms with Crippen LogP contribution in [-0.2, 0) is 9.53 Å². The second kappa shape index (κ2) is 8.52. The largest absolute Gasteiger partial charge is 0.455 e. The molecule has 0 spiro atoms. The van der Waals surface area contributed by atoms with Crippen LogP contribution in [0, 0.1) is 11.8 Å². The van der Waals surface area contributed by atoms with E-state index in [0.29, 0.717) is 11.5 Å². The minimum Gasteiger partial charge on any atom is -0.455 e. The molecule has 0 heterocycles. The molecule has 0 saturated heterocycles. The summed E-state index contributed by atoms with van der Waals surface area (Å²) in [4.78, 5) is 11.9. The number of hydrogen-bond donors (Lipinski definition) is 1. The lowest BCUT2D eigenvalue weighted by Gasteiger charge is -2.29. The number of rotatable bonds is 5. The Morgan fingerprint density at radius 3 is 2.41 bits per heavy atom. The maximum Gasteiger partial charge on any atom is 0.333 e. The van der Waals surface area contributed by atoms with Gasteiger partial charge in [-0.1, -0.05) is 44.8 Å². The predicted molar refractivity (Wildman–Crippen MR) is 88.4 cm³/mol. The van der Waals surface area contributed by atoms with Gasteiger partial charge in [0.15, 0.2) is 0 Å². The third kappa shape index (κ3) is 4.98. The quantitative estimate of drug-likeness (QED) is 0.471. The highest BCUT2D eigenvalue weighted by Gasteiger charge is 2.26. The Kier molecular flexibility index (Phi) is 6.69. The number of carbonyl (C=O) groups is 1. The van der Waals surface area contributed by atoms with E-state index >= 15 is 0 Å². The summed E-state index contributed by atoms with van der Waals surface area (Å²) < 4.78 is 5.67. The van der Waals surface area contributed by atoms with Crippen molar-refractivity contribution in [1.82, 2.24) is 0 Å². The highest BCUT2D eigenvalue weighted by Crippen LogP contribution is 2.31. The summed E-state index contributed by atoms with van der Waals surface area (Å²) in [6, 6.07) is 0. The molecule has 1 N–H and O–H groups in total. The van der Waals surface area contributed by atoms with Gasteiger partial charge in [-0.3, -0.25) is 0 Å². The molecule has 0 aromatic heterocycles. The molecule has 22 heavy (non-hydrogen) atoms. The van der Waals surface area contributed by atoms with Crippen molar-refractivity contribution in [3.63, 3.8) is 0 Å². The standard InChI is InChI=1S/C19H30O3/c1-14(2)19(21)22-18(16-9-4-3-5-10-16)13-12-15-8-6-7-11-17(15)20/h12-13,15-18,20H,1,3-11H2,2H3/b13-12+. The maximum absolute atomic E-state index is 11.9. The minimum atomic E-state index is -0.301. The second-order valence-corrected chi connectivity index (χ2v) is 6.95. The highest BCUT2D eigenvalue weighted by atomic mass is 16.5. The van der Waals surface area contributed by atoms with Crippen LogP contribution in [0.5, 0.6) is 0 Å². The zero-order valence-corrected chi connectivity index (χ0v) is 13.8. The van der Waals surface area contributed by atoms with E-state index in [1.807, 2.05) is 6.08 Å². The normalized spacial score (nSPS) is 28.5. The fourth-order valence-electron chi connectivity index (χ4n) is 3.60. The van der Waals surface area contributed by atoms with Gasteiger partial charge < -0.3 is 9.84 Å². The molecule has 2 rings (SSSR count). The van der Waals surface area contributed by atoms with Crippen LogP contribution in [0.25, 0.3) is 0 Å². The Hall–Kier alpha value is -1.09. The van der Waals surface area contributed by atoms with Crippen molar-refractivity contribution in [1.29, 1.82) is 0 Å². The van der Waals surface area contributed by atoms with Gasteiger partial charge >= 0.3 is 5.97 Å². The van der Waals surface area contributed by atoms with Gasteiger partial charge in [0, 0.05) is 11.5 Å². The van der Waals surface area contributed by atoms with E-state index < -0.39 is 0 Å². The van der Waals surface area contributed by atoms with E-state index in [9.17, 15) is 9.90 Å². The Bertz CT molecular complexity index is 407. The van der Waals surface area contributed by atoms with E-state index in [-0.39, 0.29) is 24.1 Å². The highest BCUT2D eigenvalue weighted by molar-refractivity contribution is 5.87. The zero-order chi connectivity index (χ0) is 15.9. The fraction of sp³-hybridized carbons (Fsp3) is 0.737. The van der Waals surface area contributed by atoms with Gasteiger partial charge in [0.1, 0.15) is 6.10 Å². The monoisotopic (exact) mass is 306 g/mol. The Balaban J connectivity index is 2.02. The van der Waals surface area contributed by atoms with Crippen molar-refractivity contribution in [2.24, 2.45) is 11.8 Å². The van der Waals surface area contributed by atoms with Crippen molar-refractivity contribution in [3.8, 4) is 0 Å². The number of hydrogen-bond acceptors (Lipinski definition) is 3. The summed E-state index contributed by atoms with van der Waals surface area (Å²) in [7, 11) is 0. The molecule has 2 aliphatic rings. The van der Waals surface area contributed by atoms with E-state index in [0.717, 1.165) is 32.1 Å². The van der Waals surface area contributed by atoms with E-state index in [2.05, 4.69) is 12.7 Å². The summed E-state index contributed by atoms with van der Waals surface area (Å²) in [5.74, 6) is 0.321. The zero-order valence-electron chi connectivity index (χ0n) is 13.8. The van der Waals surface area contributed by atoms with E-state index in [1.54, 1.807) is 6.92 Å². The molecule has 0 bridgehead atoms. The van der Waals surface area contributed by atoms with Gasteiger partial charge in [-0.2, -0.15) is 0 Å². The van der Waals surface area contributed by atoms with Crippen LogP contribution >= 0.6 is 0 Å². The molecule has 0 radical (unpaired) electrons. The van der Waals surface area contributed by atoms with Crippen molar-refractivity contribution < 1.29 is 14.6 Å². The van der Waals surface area contributed by atoms with Crippen LogP contribution in [0.4, 0.5) is 0 Å². The number of aliphatic hydroxyl groups excluding tert-OH is 1. The Morgan fingerprint density at radius 1 is 1.14 bits per heavy atom. The van der Waals surface area contributed by atoms with Crippen molar-refractivity contribution >= 4 is 5.97 Å². The first kappa shape index (κ1) is 17.3. The van der Waals surface area contributed by atoms with Crippen LogP contribution in [0.1, 0.15) is 64.7 Å². The van der Waals surface area contributed by atoms with Crippen LogP contribution in [-0.4, -0.2) is 23.3 Å². The Labute approximate surface area is 134 Å². The molecule has 3 unspecified atom stereocenters. The van der Waals surface area contributed by atoms with E-state index in [4.69, 9.17) is 4.74 Å². The third-order valence-electron chi connectivity index (χ3n) is 5.04. The number of aliphatic hydroxyl groups is 1. The SMILES string of the molecule is C=C(C)C(=O)OC(/C=C/C1CCCCC1O)C1CCCCC1. The minimum absolute atomic E-state index is 0.168. The molecule has 0 aromatic carbocycles. The van der Waals surface area contributed by atoms with Crippen molar-refractivity contribution in [2.45, 2.75) is 76.9 Å². The number of carbonyl (C=O) groups excluding carboxylic acids is 1. The van der Waals surface area contributed by atoms with Crippen LogP contribution in [0.2, 0.25) is 0 Å². The average molecular weight is 306 g/mol. The summed E-state index contributed by atoms with van der Waals surface area (Å²) in [6.07, 6.45) is 13.9. The molecule has 0 amide bonds. The summed E-state index contributed by atoms with van der Waals surface area (Å²) in [5, 5.41) is 10.1. The average Bonchev–Trinajstić information content (AvgIpc) is 2.53. The first-order valence-corrected chi connectivity index (χ1v) is 8.81. The smallest absolute Gasteiger partial charge is 0.333 e. The number of esters is 1. The molecular weight excluding hydrogens is 276 g/mol. The molecule has 2 aliphatic carbocycles.